The highest BCUT2D eigenvalue weighted by molar-refractivity contribution is 7.89. The first kappa shape index (κ1) is 21.8. The van der Waals surface area contributed by atoms with E-state index < -0.39 is 10.0 Å². The van der Waals surface area contributed by atoms with E-state index in [1.807, 2.05) is 36.4 Å². The Morgan fingerprint density at radius 1 is 1.00 bits per heavy atom. The molecule has 1 amide bonds. The second-order valence-electron chi connectivity index (χ2n) is 8.06. The predicted octanol–water partition coefficient (Wildman–Crippen LogP) is 2.11. The number of amides is 1. The van der Waals surface area contributed by atoms with Crippen molar-refractivity contribution in [1.82, 2.24) is 14.5 Å². The molecule has 0 spiro atoms. The topological polar surface area (TPSA) is 79.0 Å². The normalized spacial score (nSPS) is 23.5. The van der Waals surface area contributed by atoms with Crippen molar-refractivity contribution in [2.45, 2.75) is 42.3 Å². The molecule has 4 rings (SSSR count). The van der Waals surface area contributed by atoms with Crippen LogP contribution < -0.4 is 10.1 Å². The Bertz CT molecular complexity index is 976. The molecule has 166 valence electrons. The van der Waals surface area contributed by atoms with Crippen LogP contribution in [0, 0.1) is 0 Å². The van der Waals surface area contributed by atoms with E-state index in [0.29, 0.717) is 43.8 Å². The van der Waals surface area contributed by atoms with Gasteiger partial charge in [-0.15, -0.1) is 0 Å². The SMILES string of the molecule is CNC(=O)[C@@H]1C[C@H](Oc2ccccc2)CN1C1CCN(S(=O)(=O)c2ccccc2)CC1. The number of likely N-dealkylation sites (N-methyl/N-ethyl adjacent to an activating group) is 1. The molecule has 1 N–H and O–H groups in total. The van der Waals surface area contributed by atoms with E-state index in [2.05, 4.69) is 10.2 Å². The number of nitrogens with one attached hydrogen (secondary N) is 1. The zero-order chi connectivity index (χ0) is 21.8. The Morgan fingerprint density at radius 3 is 2.23 bits per heavy atom. The van der Waals surface area contributed by atoms with Crippen molar-refractivity contribution in [3.63, 3.8) is 0 Å². The molecular weight excluding hydrogens is 414 g/mol. The van der Waals surface area contributed by atoms with Crippen LogP contribution >= 0.6 is 0 Å². The van der Waals surface area contributed by atoms with Crippen molar-refractivity contribution < 1.29 is 17.9 Å². The van der Waals surface area contributed by atoms with E-state index in [-0.39, 0.29) is 24.1 Å². The van der Waals surface area contributed by atoms with Gasteiger partial charge in [0.05, 0.1) is 10.9 Å². The molecule has 2 aliphatic rings. The summed E-state index contributed by atoms with van der Waals surface area (Å²) in [4.78, 5) is 15.1. The summed E-state index contributed by atoms with van der Waals surface area (Å²) in [7, 11) is -1.83. The van der Waals surface area contributed by atoms with E-state index in [9.17, 15) is 13.2 Å². The highest BCUT2D eigenvalue weighted by Gasteiger charge is 2.42. The smallest absolute Gasteiger partial charge is 0.243 e. The summed E-state index contributed by atoms with van der Waals surface area (Å²) in [5.41, 5.74) is 0. The number of hydrogen-bond donors (Lipinski definition) is 1. The minimum atomic E-state index is -3.48. The van der Waals surface area contributed by atoms with Crippen LogP contribution in [0.2, 0.25) is 0 Å². The molecule has 2 fully saturated rings. The van der Waals surface area contributed by atoms with E-state index >= 15 is 0 Å². The molecule has 31 heavy (non-hydrogen) atoms. The number of carbonyl (C=O) groups is 1. The number of carbonyl (C=O) groups excluding carboxylic acids is 1. The van der Waals surface area contributed by atoms with Gasteiger partial charge >= 0.3 is 0 Å². The second-order valence-corrected chi connectivity index (χ2v) is 10.0. The van der Waals surface area contributed by atoms with Gasteiger partial charge in [0.2, 0.25) is 15.9 Å². The number of para-hydroxylation sites is 1. The fourth-order valence-electron chi connectivity index (χ4n) is 4.58. The lowest BCUT2D eigenvalue weighted by atomic mass is 10.0. The molecule has 0 unspecified atom stereocenters. The van der Waals surface area contributed by atoms with Gasteiger partial charge in [0, 0.05) is 39.1 Å². The molecule has 2 aliphatic heterocycles. The van der Waals surface area contributed by atoms with Crippen molar-refractivity contribution >= 4 is 15.9 Å². The third kappa shape index (κ3) is 4.76. The summed E-state index contributed by atoms with van der Waals surface area (Å²) in [6.45, 7) is 1.55. The number of sulfonamides is 1. The third-order valence-corrected chi connectivity index (χ3v) is 8.08. The Labute approximate surface area is 184 Å². The maximum atomic E-state index is 12.9. The zero-order valence-electron chi connectivity index (χ0n) is 17.7. The fourth-order valence-corrected chi connectivity index (χ4v) is 6.07. The maximum Gasteiger partial charge on any atom is 0.243 e. The molecule has 2 atom stereocenters. The quantitative estimate of drug-likeness (QED) is 0.740. The standard InChI is InChI=1S/C23H29N3O4S/c1-24-23(27)22-16-20(30-19-8-4-2-5-9-19)17-26(22)18-12-14-25(15-13-18)31(28,29)21-10-6-3-7-11-21/h2-11,18,20,22H,12-17H2,1H3,(H,24,27)/t20-,22-/m0/s1. The summed E-state index contributed by atoms with van der Waals surface area (Å²) in [5.74, 6) is 0.785. The van der Waals surface area contributed by atoms with E-state index in [1.165, 1.54) is 0 Å². The molecule has 0 aliphatic carbocycles. The van der Waals surface area contributed by atoms with Gasteiger partial charge in [-0.05, 0) is 37.1 Å². The van der Waals surface area contributed by atoms with Gasteiger partial charge in [0.25, 0.3) is 0 Å². The second kappa shape index (κ2) is 9.38. The van der Waals surface area contributed by atoms with Crippen LogP contribution in [0.3, 0.4) is 0 Å². The van der Waals surface area contributed by atoms with Gasteiger partial charge in [-0.25, -0.2) is 8.42 Å². The van der Waals surface area contributed by atoms with Crippen molar-refractivity contribution in [2.24, 2.45) is 0 Å². The van der Waals surface area contributed by atoms with Crippen molar-refractivity contribution in [3.8, 4) is 5.75 Å². The highest BCUT2D eigenvalue weighted by atomic mass is 32.2. The van der Waals surface area contributed by atoms with Crippen LogP contribution in [0.1, 0.15) is 19.3 Å². The molecule has 0 radical (unpaired) electrons. The number of ether oxygens (including phenoxy) is 1. The molecule has 0 bridgehead atoms. The van der Waals surface area contributed by atoms with E-state index in [4.69, 9.17) is 4.74 Å². The molecule has 7 nitrogen and oxygen atoms in total. The monoisotopic (exact) mass is 443 g/mol. The van der Waals surface area contributed by atoms with Gasteiger partial charge in [-0.2, -0.15) is 4.31 Å². The Kier molecular flexibility index (Phi) is 6.60. The van der Waals surface area contributed by atoms with Crippen molar-refractivity contribution in [3.05, 3.63) is 60.7 Å². The summed E-state index contributed by atoms with van der Waals surface area (Å²) in [6.07, 6.45) is 1.93. The van der Waals surface area contributed by atoms with Crippen molar-refractivity contribution in [2.75, 3.05) is 26.7 Å². The first-order chi connectivity index (χ1) is 15.0. The van der Waals surface area contributed by atoms with Gasteiger partial charge in [-0.1, -0.05) is 36.4 Å². The van der Waals surface area contributed by atoms with Crippen LogP contribution in [0.4, 0.5) is 0 Å². The first-order valence-electron chi connectivity index (χ1n) is 10.7. The molecule has 2 aromatic rings. The average Bonchev–Trinajstić information content (AvgIpc) is 3.23. The summed E-state index contributed by atoms with van der Waals surface area (Å²) >= 11 is 0. The lowest BCUT2D eigenvalue weighted by Crippen LogP contribution is -2.51. The van der Waals surface area contributed by atoms with Gasteiger partial charge in [0.1, 0.15) is 11.9 Å². The molecule has 2 aromatic carbocycles. The fraction of sp³-hybridized carbons (Fsp3) is 0.435. The number of likely N-dealkylation sites (tertiary alicyclic amines) is 1. The summed E-state index contributed by atoms with van der Waals surface area (Å²) in [6, 6.07) is 18.1. The Morgan fingerprint density at radius 2 is 1.61 bits per heavy atom. The van der Waals surface area contributed by atoms with Crippen LogP contribution in [0.15, 0.2) is 65.6 Å². The number of piperidine rings is 1. The summed E-state index contributed by atoms with van der Waals surface area (Å²) in [5, 5.41) is 2.77. The average molecular weight is 444 g/mol. The van der Waals surface area contributed by atoms with Gasteiger partial charge in [0.15, 0.2) is 0 Å². The molecule has 2 heterocycles. The number of hydrogen-bond acceptors (Lipinski definition) is 5. The van der Waals surface area contributed by atoms with E-state index in [0.717, 1.165) is 5.75 Å². The zero-order valence-corrected chi connectivity index (χ0v) is 18.5. The maximum absolute atomic E-state index is 12.9. The summed E-state index contributed by atoms with van der Waals surface area (Å²) < 4.78 is 33.5. The van der Waals surface area contributed by atoms with Gasteiger partial charge < -0.3 is 10.1 Å². The molecular formula is C23H29N3O4S. The molecule has 2 saturated heterocycles. The van der Waals surface area contributed by atoms with Crippen LogP contribution in [0.5, 0.6) is 5.75 Å². The number of nitrogens with zero attached hydrogens (tertiary/aromatic N) is 2. The molecule has 0 aromatic heterocycles. The number of rotatable bonds is 6. The predicted molar refractivity (Wildman–Crippen MR) is 118 cm³/mol. The van der Waals surface area contributed by atoms with Gasteiger partial charge in [-0.3, -0.25) is 9.69 Å². The minimum Gasteiger partial charge on any atom is -0.489 e. The van der Waals surface area contributed by atoms with E-state index in [1.54, 1.807) is 35.6 Å². The number of benzene rings is 2. The first-order valence-corrected chi connectivity index (χ1v) is 12.2. The minimum absolute atomic E-state index is 0.0153. The molecule has 8 heteroatoms. The van der Waals surface area contributed by atoms with Crippen LogP contribution in [-0.4, -0.2) is 68.4 Å². The van der Waals surface area contributed by atoms with Crippen molar-refractivity contribution in [1.29, 1.82) is 0 Å². The highest BCUT2D eigenvalue weighted by Crippen LogP contribution is 2.30. The lowest BCUT2D eigenvalue weighted by molar-refractivity contribution is -0.126. The largest absolute Gasteiger partial charge is 0.489 e. The van der Waals surface area contributed by atoms with Crippen LogP contribution in [-0.2, 0) is 14.8 Å². The third-order valence-electron chi connectivity index (χ3n) is 6.17. The Hall–Kier alpha value is -2.42. The molecule has 0 saturated carbocycles. The van der Waals surface area contributed by atoms with Crippen LogP contribution in [0.25, 0.3) is 0 Å². The lowest BCUT2D eigenvalue weighted by Gasteiger charge is -2.38. The Balaban J connectivity index is 1.42.